The van der Waals surface area contributed by atoms with E-state index in [1.54, 1.807) is 30.3 Å². The Morgan fingerprint density at radius 3 is 1.89 bits per heavy atom. The number of carboxylic acids is 2. The molecule has 5 atom stereocenters. The molecule has 0 aliphatic heterocycles. The molecule has 5 unspecified atom stereocenters. The van der Waals surface area contributed by atoms with Crippen LogP contribution < -0.4 is 27.4 Å². The zero-order valence-corrected chi connectivity index (χ0v) is 19.5. The van der Waals surface area contributed by atoms with Crippen molar-refractivity contribution in [3.8, 4) is 0 Å². The molecule has 0 aliphatic carbocycles. The molecule has 0 aliphatic rings. The molecule has 1 aromatic carbocycles. The minimum atomic E-state index is -1.60. The summed E-state index contributed by atoms with van der Waals surface area (Å²) in [6, 6.07) is 2.45. The number of nitrogens with one attached hydrogen (secondary N) is 3. The number of amides is 4. The van der Waals surface area contributed by atoms with Gasteiger partial charge in [0.15, 0.2) is 0 Å². The molecule has 10 N–H and O–H groups in total. The number of aliphatic carboxylic acids is 2. The standard InChI is InChI=1S/C22H31N5O9/c1-11(28)18(24)21(34)26-14(10-16(23)29)20(33)25-13(7-8-17(30)31)19(32)27-15(22(35)36)9-12-5-3-2-4-6-12/h2-6,11,13-15,18,28H,7-10,24H2,1H3,(H2,23,29)(H,25,33)(H,26,34)(H,27,32)(H,30,31)(H,35,36). The van der Waals surface area contributed by atoms with E-state index >= 15 is 0 Å². The number of benzene rings is 1. The Balaban J connectivity index is 3.05. The minimum absolute atomic E-state index is 0.0842. The van der Waals surface area contributed by atoms with Crippen LogP contribution in [-0.4, -0.2) is 81.2 Å². The van der Waals surface area contributed by atoms with Gasteiger partial charge in [-0.15, -0.1) is 0 Å². The number of aliphatic hydroxyl groups is 1. The summed E-state index contributed by atoms with van der Waals surface area (Å²) in [5.74, 6) is -6.67. The lowest BCUT2D eigenvalue weighted by Crippen LogP contribution is -2.58. The van der Waals surface area contributed by atoms with Crippen LogP contribution in [0.1, 0.15) is 31.7 Å². The summed E-state index contributed by atoms with van der Waals surface area (Å²) in [5, 5.41) is 34.6. The Bertz CT molecular complexity index is 954. The van der Waals surface area contributed by atoms with E-state index in [9.17, 15) is 39.0 Å². The fourth-order valence-corrected chi connectivity index (χ4v) is 3.03. The highest BCUT2D eigenvalue weighted by molar-refractivity contribution is 5.96. The number of hydrogen-bond acceptors (Lipinski definition) is 8. The Morgan fingerprint density at radius 2 is 1.39 bits per heavy atom. The van der Waals surface area contributed by atoms with Gasteiger partial charge < -0.3 is 42.7 Å². The van der Waals surface area contributed by atoms with Crippen molar-refractivity contribution in [1.29, 1.82) is 0 Å². The second-order valence-corrected chi connectivity index (χ2v) is 8.08. The van der Waals surface area contributed by atoms with E-state index in [-0.39, 0.29) is 6.42 Å². The molecule has 14 nitrogen and oxygen atoms in total. The summed E-state index contributed by atoms with van der Waals surface area (Å²) in [6.45, 7) is 1.23. The molecule has 0 fully saturated rings. The van der Waals surface area contributed by atoms with Crippen LogP contribution in [-0.2, 0) is 35.2 Å². The van der Waals surface area contributed by atoms with E-state index in [2.05, 4.69) is 16.0 Å². The highest BCUT2D eigenvalue weighted by Crippen LogP contribution is 2.06. The van der Waals surface area contributed by atoms with E-state index in [1.165, 1.54) is 6.92 Å². The summed E-state index contributed by atoms with van der Waals surface area (Å²) in [7, 11) is 0. The van der Waals surface area contributed by atoms with E-state index in [4.69, 9.17) is 16.6 Å². The van der Waals surface area contributed by atoms with Crippen molar-refractivity contribution in [3.63, 3.8) is 0 Å². The first-order chi connectivity index (χ1) is 16.8. The average molecular weight is 510 g/mol. The van der Waals surface area contributed by atoms with Gasteiger partial charge in [-0.05, 0) is 18.9 Å². The number of aliphatic hydroxyl groups excluding tert-OH is 1. The topological polar surface area (TPSA) is 251 Å². The predicted molar refractivity (Wildman–Crippen MR) is 124 cm³/mol. The third-order valence-electron chi connectivity index (χ3n) is 5.04. The van der Waals surface area contributed by atoms with Gasteiger partial charge in [0, 0.05) is 12.8 Å². The van der Waals surface area contributed by atoms with Crippen LogP contribution in [0, 0.1) is 0 Å². The Kier molecular flexibility index (Phi) is 12.0. The number of carboxylic acid groups (broad SMARTS) is 2. The molecule has 14 heteroatoms. The van der Waals surface area contributed by atoms with Gasteiger partial charge in [-0.2, -0.15) is 0 Å². The third-order valence-corrected chi connectivity index (χ3v) is 5.04. The lowest BCUT2D eigenvalue weighted by Gasteiger charge is -2.25. The number of nitrogens with two attached hydrogens (primary N) is 2. The van der Waals surface area contributed by atoms with Crippen molar-refractivity contribution in [2.24, 2.45) is 11.5 Å². The number of rotatable bonds is 15. The van der Waals surface area contributed by atoms with Crippen LogP contribution in [0.4, 0.5) is 0 Å². The van der Waals surface area contributed by atoms with Gasteiger partial charge in [0.25, 0.3) is 0 Å². The molecule has 0 radical (unpaired) electrons. The van der Waals surface area contributed by atoms with Crippen LogP contribution >= 0.6 is 0 Å². The van der Waals surface area contributed by atoms with Gasteiger partial charge in [0.05, 0.1) is 12.5 Å². The largest absolute Gasteiger partial charge is 0.481 e. The number of carbonyl (C=O) groups is 6. The average Bonchev–Trinajstić information content (AvgIpc) is 2.80. The highest BCUT2D eigenvalue weighted by atomic mass is 16.4. The van der Waals surface area contributed by atoms with Gasteiger partial charge in [0.2, 0.25) is 23.6 Å². The summed E-state index contributed by atoms with van der Waals surface area (Å²) < 4.78 is 0. The molecule has 0 aromatic heterocycles. The Hall–Kier alpha value is -4.04. The zero-order valence-electron chi connectivity index (χ0n) is 19.5. The maximum Gasteiger partial charge on any atom is 0.326 e. The van der Waals surface area contributed by atoms with Crippen LogP contribution in [0.5, 0.6) is 0 Å². The number of primary amides is 1. The summed E-state index contributed by atoms with van der Waals surface area (Å²) >= 11 is 0. The first kappa shape index (κ1) is 30.0. The van der Waals surface area contributed by atoms with Crippen LogP contribution in [0.25, 0.3) is 0 Å². The molecule has 4 amide bonds. The fourth-order valence-electron chi connectivity index (χ4n) is 3.03. The van der Waals surface area contributed by atoms with Gasteiger partial charge in [-0.1, -0.05) is 30.3 Å². The van der Waals surface area contributed by atoms with Gasteiger partial charge >= 0.3 is 11.9 Å². The van der Waals surface area contributed by atoms with Gasteiger partial charge in [-0.25, -0.2) is 4.79 Å². The summed E-state index contributed by atoms with van der Waals surface area (Å²) in [4.78, 5) is 72.0. The Labute approximate surface area is 206 Å². The molecule has 0 bridgehead atoms. The van der Waals surface area contributed by atoms with Crippen molar-refractivity contribution in [1.82, 2.24) is 16.0 Å². The van der Waals surface area contributed by atoms with Crippen molar-refractivity contribution < 1.29 is 44.1 Å². The maximum atomic E-state index is 12.8. The van der Waals surface area contributed by atoms with Crippen molar-refractivity contribution in [2.45, 2.75) is 62.9 Å². The third kappa shape index (κ3) is 10.5. The van der Waals surface area contributed by atoms with E-state index < -0.39 is 85.1 Å². The molecule has 0 spiro atoms. The van der Waals surface area contributed by atoms with Crippen LogP contribution in [0.15, 0.2) is 30.3 Å². The molecule has 0 saturated carbocycles. The molecule has 1 aromatic rings. The molecular weight excluding hydrogens is 478 g/mol. The van der Waals surface area contributed by atoms with Crippen LogP contribution in [0.2, 0.25) is 0 Å². The van der Waals surface area contributed by atoms with Gasteiger partial charge in [-0.3, -0.25) is 24.0 Å². The zero-order chi connectivity index (χ0) is 27.4. The smallest absolute Gasteiger partial charge is 0.326 e. The molecule has 198 valence electrons. The first-order valence-corrected chi connectivity index (χ1v) is 10.9. The van der Waals surface area contributed by atoms with Crippen molar-refractivity contribution >= 4 is 35.6 Å². The molecule has 0 saturated heterocycles. The first-order valence-electron chi connectivity index (χ1n) is 10.9. The lowest BCUT2D eigenvalue weighted by molar-refractivity contribution is -0.143. The monoisotopic (exact) mass is 509 g/mol. The fraction of sp³-hybridized carbons (Fsp3) is 0.455. The Morgan fingerprint density at radius 1 is 0.861 bits per heavy atom. The normalized spacial score (nSPS) is 14.9. The SMILES string of the molecule is CC(O)C(N)C(=O)NC(CC(N)=O)C(=O)NC(CCC(=O)O)C(=O)NC(Cc1ccccc1)C(=O)O. The molecule has 0 heterocycles. The predicted octanol–water partition coefficient (Wildman–Crippen LogP) is -2.78. The summed E-state index contributed by atoms with van der Waals surface area (Å²) in [6.07, 6.45) is -3.04. The lowest BCUT2D eigenvalue weighted by atomic mass is 10.0. The second kappa shape index (κ2) is 14.4. The second-order valence-electron chi connectivity index (χ2n) is 8.08. The van der Waals surface area contributed by atoms with Crippen molar-refractivity contribution in [2.75, 3.05) is 0 Å². The molecule has 36 heavy (non-hydrogen) atoms. The van der Waals surface area contributed by atoms with Crippen molar-refractivity contribution in [3.05, 3.63) is 35.9 Å². The summed E-state index contributed by atoms with van der Waals surface area (Å²) in [5.41, 5.74) is 11.3. The van der Waals surface area contributed by atoms with E-state index in [0.29, 0.717) is 5.56 Å². The highest BCUT2D eigenvalue weighted by Gasteiger charge is 2.32. The maximum absolute atomic E-state index is 12.8. The quantitative estimate of drug-likeness (QED) is 0.121. The van der Waals surface area contributed by atoms with Gasteiger partial charge in [0.1, 0.15) is 24.2 Å². The number of carbonyl (C=O) groups excluding carboxylic acids is 4. The van der Waals surface area contributed by atoms with E-state index in [0.717, 1.165) is 0 Å². The minimum Gasteiger partial charge on any atom is -0.481 e. The van der Waals surface area contributed by atoms with Crippen LogP contribution in [0.3, 0.4) is 0 Å². The van der Waals surface area contributed by atoms with E-state index in [1.807, 2.05) is 0 Å². The molecule has 1 rings (SSSR count). The molecular formula is C22H31N5O9. The number of hydrogen-bond donors (Lipinski definition) is 8.